The Balaban J connectivity index is 3.86. The van der Waals surface area contributed by atoms with E-state index in [0.717, 1.165) is 0 Å². The summed E-state index contributed by atoms with van der Waals surface area (Å²) in [6.45, 7) is 7.73. The first kappa shape index (κ1) is 9.59. The first-order chi connectivity index (χ1) is 4.48. The second kappa shape index (κ2) is 3.68. The van der Waals surface area contributed by atoms with Gasteiger partial charge in [0.15, 0.2) is 0 Å². The second-order valence-electron chi connectivity index (χ2n) is 3.09. The lowest BCUT2D eigenvalue weighted by Crippen LogP contribution is -2.30. The van der Waals surface area contributed by atoms with Crippen molar-refractivity contribution in [2.75, 3.05) is 0 Å². The zero-order valence-corrected chi connectivity index (χ0v) is 7.09. The zero-order valence-electron chi connectivity index (χ0n) is 7.09. The smallest absolute Gasteiger partial charge is 0.118 e. The molecule has 0 fully saturated rings. The Bertz CT molecular complexity index is 119. The van der Waals surface area contributed by atoms with E-state index in [1.165, 1.54) is 0 Å². The van der Waals surface area contributed by atoms with Gasteiger partial charge >= 0.3 is 0 Å². The van der Waals surface area contributed by atoms with E-state index in [4.69, 9.17) is 5.90 Å². The fourth-order valence-corrected chi connectivity index (χ4v) is 0.359. The van der Waals surface area contributed by atoms with Gasteiger partial charge in [-0.15, -0.1) is 0 Å². The van der Waals surface area contributed by atoms with Gasteiger partial charge in [0.1, 0.15) is 5.60 Å². The molecule has 0 atom stereocenters. The van der Waals surface area contributed by atoms with E-state index in [-0.39, 0.29) is 0 Å². The molecule has 0 aliphatic rings. The van der Waals surface area contributed by atoms with Crippen LogP contribution in [0.15, 0.2) is 4.99 Å². The van der Waals surface area contributed by atoms with Crippen molar-refractivity contribution in [3.63, 3.8) is 0 Å². The Kier molecular flexibility index (Phi) is 3.53. The molecule has 0 unspecified atom stereocenters. The molecule has 0 spiro atoms. The molecule has 3 heteroatoms. The van der Waals surface area contributed by atoms with Crippen molar-refractivity contribution in [1.82, 2.24) is 0 Å². The predicted molar refractivity (Wildman–Crippen MR) is 43.0 cm³/mol. The topological polar surface area (TPSA) is 47.6 Å². The fourth-order valence-electron chi connectivity index (χ4n) is 0.359. The molecule has 0 heterocycles. The molecule has 0 aromatic rings. The zero-order chi connectivity index (χ0) is 8.20. The van der Waals surface area contributed by atoms with Crippen molar-refractivity contribution < 1.29 is 4.84 Å². The van der Waals surface area contributed by atoms with Crippen molar-refractivity contribution in [3.8, 4) is 0 Å². The van der Waals surface area contributed by atoms with Gasteiger partial charge < -0.3 is 0 Å². The third kappa shape index (κ3) is 4.47. The van der Waals surface area contributed by atoms with Gasteiger partial charge in [-0.3, -0.25) is 9.83 Å². The van der Waals surface area contributed by atoms with Crippen molar-refractivity contribution >= 4 is 6.21 Å². The molecule has 0 aliphatic carbocycles. The van der Waals surface area contributed by atoms with Gasteiger partial charge in [0.05, 0.1) is 0 Å². The van der Waals surface area contributed by atoms with Crippen molar-refractivity contribution in [3.05, 3.63) is 0 Å². The molecule has 0 rings (SSSR count). The van der Waals surface area contributed by atoms with Gasteiger partial charge in [-0.25, -0.2) is 5.90 Å². The monoisotopic (exact) mass is 144 g/mol. The third-order valence-corrected chi connectivity index (χ3v) is 0.987. The first-order valence-corrected chi connectivity index (χ1v) is 3.40. The maximum Gasteiger partial charge on any atom is 0.118 e. The SMILES string of the molecule is CC(C)N=CC(C)(C)ON. The van der Waals surface area contributed by atoms with Gasteiger partial charge in [-0.2, -0.15) is 0 Å². The maximum absolute atomic E-state index is 5.00. The van der Waals surface area contributed by atoms with Gasteiger partial charge in [0.2, 0.25) is 0 Å². The van der Waals surface area contributed by atoms with Gasteiger partial charge in [-0.1, -0.05) is 0 Å². The number of aliphatic imine (C=N–C) groups is 1. The van der Waals surface area contributed by atoms with Crippen LogP contribution in [-0.2, 0) is 4.84 Å². The molecular weight excluding hydrogens is 128 g/mol. The number of nitrogens with zero attached hydrogens (tertiary/aromatic N) is 1. The Hall–Kier alpha value is -0.410. The number of nitrogens with two attached hydrogens (primary N) is 1. The highest BCUT2D eigenvalue weighted by Gasteiger charge is 2.12. The van der Waals surface area contributed by atoms with E-state index in [1.54, 1.807) is 6.21 Å². The minimum Gasteiger partial charge on any atom is -0.293 e. The predicted octanol–water partition coefficient (Wildman–Crippen LogP) is 1.13. The third-order valence-electron chi connectivity index (χ3n) is 0.987. The molecule has 0 saturated heterocycles. The largest absolute Gasteiger partial charge is 0.293 e. The lowest BCUT2D eigenvalue weighted by molar-refractivity contribution is 0.0377. The fraction of sp³-hybridized carbons (Fsp3) is 0.857. The highest BCUT2D eigenvalue weighted by molar-refractivity contribution is 5.67. The number of hydrogen-bond donors (Lipinski definition) is 1. The van der Waals surface area contributed by atoms with Crippen LogP contribution in [0.5, 0.6) is 0 Å². The van der Waals surface area contributed by atoms with Gasteiger partial charge in [0, 0.05) is 12.3 Å². The molecular formula is C7H16N2O. The molecule has 0 bridgehead atoms. The summed E-state index contributed by atoms with van der Waals surface area (Å²) in [5.74, 6) is 5.00. The van der Waals surface area contributed by atoms with Crippen LogP contribution in [0.3, 0.4) is 0 Å². The summed E-state index contributed by atoms with van der Waals surface area (Å²) >= 11 is 0. The normalized spacial score (nSPS) is 13.4. The standard InChI is InChI=1S/C7H16N2O/c1-6(2)9-5-7(3,4)10-8/h5-6H,8H2,1-4H3. The quantitative estimate of drug-likeness (QED) is 0.477. The van der Waals surface area contributed by atoms with E-state index in [1.807, 2.05) is 27.7 Å². The molecule has 60 valence electrons. The Morgan fingerprint density at radius 1 is 1.50 bits per heavy atom. The minimum absolute atomic E-state index is 0.300. The van der Waals surface area contributed by atoms with Crippen molar-refractivity contribution in [1.29, 1.82) is 0 Å². The number of rotatable bonds is 3. The van der Waals surface area contributed by atoms with Crippen molar-refractivity contribution in [2.45, 2.75) is 39.3 Å². The lowest BCUT2D eigenvalue weighted by atomic mass is 10.2. The molecule has 0 aromatic carbocycles. The van der Waals surface area contributed by atoms with E-state index >= 15 is 0 Å². The van der Waals surface area contributed by atoms with Crippen LogP contribution in [0.4, 0.5) is 0 Å². The van der Waals surface area contributed by atoms with Crippen LogP contribution in [0.1, 0.15) is 27.7 Å². The first-order valence-electron chi connectivity index (χ1n) is 3.40. The average Bonchev–Trinajstić information content (AvgIpc) is 1.85. The summed E-state index contributed by atoms with van der Waals surface area (Å²) in [4.78, 5) is 8.78. The molecule has 0 saturated carbocycles. The average molecular weight is 144 g/mol. The van der Waals surface area contributed by atoms with E-state index in [2.05, 4.69) is 9.83 Å². The molecule has 0 radical (unpaired) electrons. The van der Waals surface area contributed by atoms with Crippen LogP contribution in [0, 0.1) is 0 Å². The summed E-state index contributed by atoms with van der Waals surface area (Å²) < 4.78 is 0. The molecule has 2 N–H and O–H groups in total. The van der Waals surface area contributed by atoms with Crippen molar-refractivity contribution in [2.24, 2.45) is 10.9 Å². The lowest BCUT2D eigenvalue weighted by Gasteiger charge is -2.15. The summed E-state index contributed by atoms with van der Waals surface area (Å²) in [5.41, 5.74) is -0.440. The second-order valence-corrected chi connectivity index (χ2v) is 3.09. The highest BCUT2D eigenvalue weighted by atomic mass is 16.6. The number of hydrogen-bond acceptors (Lipinski definition) is 3. The summed E-state index contributed by atoms with van der Waals surface area (Å²) in [7, 11) is 0. The molecule has 0 aromatic heterocycles. The Morgan fingerprint density at radius 2 is 2.00 bits per heavy atom. The molecule has 3 nitrogen and oxygen atoms in total. The Morgan fingerprint density at radius 3 is 2.30 bits per heavy atom. The minimum atomic E-state index is -0.440. The van der Waals surface area contributed by atoms with E-state index in [0.29, 0.717) is 6.04 Å². The van der Waals surface area contributed by atoms with Gasteiger partial charge in [0.25, 0.3) is 0 Å². The summed E-state index contributed by atoms with van der Waals surface area (Å²) in [6, 6.07) is 0.300. The maximum atomic E-state index is 5.00. The van der Waals surface area contributed by atoms with Crippen LogP contribution >= 0.6 is 0 Å². The van der Waals surface area contributed by atoms with Crippen LogP contribution in [0.2, 0.25) is 0 Å². The summed E-state index contributed by atoms with van der Waals surface area (Å²) in [5, 5.41) is 0. The van der Waals surface area contributed by atoms with Gasteiger partial charge in [-0.05, 0) is 27.7 Å². The molecule has 10 heavy (non-hydrogen) atoms. The van der Waals surface area contributed by atoms with Crippen LogP contribution < -0.4 is 5.90 Å². The van der Waals surface area contributed by atoms with Crippen LogP contribution in [0.25, 0.3) is 0 Å². The van der Waals surface area contributed by atoms with E-state index in [9.17, 15) is 0 Å². The van der Waals surface area contributed by atoms with E-state index < -0.39 is 5.60 Å². The molecule has 0 amide bonds. The molecule has 0 aliphatic heterocycles. The summed E-state index contributed by atoms with van der Waals surface area (Å²) in [6.07, 6.45) is 1.72. The van der Waals surface area contributed by atoms with Crippen LogP contribution in [-0.4, -0.2) is 17.9 Å². The highest BCUT2D eigenvalue weighted by Crippen LogP contribution is 2.01. The Labute approximate surface area is 62.2 Å².